The molecule has 0 aliphatic carbocycles. The van der Waals surface area contributed by atoms with Crippen LogP contribution >= 0.6 is 0 Å². The Balaban J connectivity index is 1.29. The number of aromatic nitrogens is 1. The number of rotatable bonds is 5. The van der Waals surface area contributed by atoms with Crippen molar-refractivity contribution in [3.05, 3.63) is 95.7 Å². The SMILES string of the molecule is CC1CN(Cc2ccc(C3=NCC(c4ccc(-c5ccc[nH]5)cc4)=N3)c3ccccc23)C1. The number of likely N-dealkylation sites (tertiary alicyclic amines) is 1. The maximum absolute atomic E-state index is 4.95. The normalized spacial score (nSPS) is 16.8. The molecule has 0 radical (unpaired) electrons. The summed E-state index contributed by atoms with van der Waals surface area (Å²) in [7, 11) is 0. The molecule has 4 heteroatoms. The average molecular weight is 419 g/mol. The number of benzene rings is 3. The van der Waals surface area contributed by atoms with E-state index in [9.17, 15) is 0 Å². The van der Waals surface area contributed by atoms with Gasteiger partial charge in [0.1, 0.15) is 0 Å². The van der Waals surface area contributed by atoms with E-state index in [1.54, 1.807) is 0 Å². The lowest BCUT2D eigenvalue weighted by Crippen LogP contribution is -2.44. The summed E-state index contributed by atoms with van der Waals surface area (Å²) in [6.45, 7) is 6.34. The van der Waals surface area contributed by atoms with Gasteiger partial charge in [0.05, 0.1) is 12.3 Å². The van der Waals surface area contributed by atoms with Gasteiger partial charge in [-0.25, -0.2) is 4.99 Å². The predicted molar refractivity (Wildman–Crippen MR) is 133 cm³/mol. The summed E-state index contributed by atoms with van der Waals surface area (Å²) < 4.78 is 0. The van der Waals surface area contributed by atoms with Crippen molar-refractivity contribution in [3.63, 3.8) is 0 Å². The molecule has 1 fully saturated rings. The lowest BCUT2D eigenvalue weighted by atomic mass is 9.96. The molecular formula is C28H26N4. The summed E-state index contributed by atoms with van der Waals surface area (Å²) in [6, 6.07) is 25.8. The lowest BCUT2D eigenvalue weighted by Gasteiger charge is -2.37. The zero-order valence-electron chi connectivity index (χ0n) is 18.3. The molecule has 1 saturated heterocycles. The highest BCUT2D eigenvalue weighted by Gasteiger charge is 2.23. The van der Waals surface area contributed by atoms with E-state index >= 15 is 0 Å². The molecule has 0 unspecified atom stereocenters. The fourth-order valence-electron chi connectivity index (χ4n) is 4.89. The summed E-state index contributed by atoms with van der Waals surface area (Å²) in [5, 5.41) is 2.55. The van der Waals surface area contributed by atoms with Gasteiger partial charge in [0.25, 0.3) is 0 Å². The first-order valence-corrected chi connectivity index (χ1v) is 11.3. The molecule has 0 saturated carbocycles. The van der Waals surface area contributed by atoms with E-state index in [2.05, 4.69) is 83.5 Å². The van der Waals surface area contributed by atoms with Gasteiger partial charge in [0.2, 0.25) is 0 Å². The van der Waals surface area contributed by atoms with Crippen molar-refractivity contribution in [1.29, 1.82) is 0 Å². The van der Waals surface area contributed by atoms with Crippen molar-refractivity contribution in [2.24, 2.45) is 15.9 Å². The maximum Gasteiger partial charge on any atom is 0.155 e. The molecule has 32 heavy (non-hydrogen) atoms. The molecule has 0 amide bonds. The molecule has 0 spiro atoms. The molecule has 2 aliphatic heterocycles. The zero-order valence-corrected chi connectivity index (χ0v) is 18.3. The predicted octanol–water partition coefficient (Wildman–Crippen LogP) is 5.54. The van der Waals surface area contributed by atoms with Gasteiger partial charge in [-0.3, -0.25) is 9.89 Å². The Kier molecular flexibility index (Phi) is 4.73. The van der Waals surface area contributed by atoms with Crippen molar-refractivity contribution in [2.45, 2.75) is 13.5 Å². The van der Waals surface area contributed by atoms with E-state index in [1.165, 1.54) is 35.0 Å². The van der Waals surface area contributed by atoms with Crippen LogP contribution in [0.15, 0.2) is 89.0 Å². The van der Waals surface area contributed by atoms with Crippen LogP contribution in [0, 0.1) is 5.92 Å². The molecule has 1 aromatic heterocycles. The summed E-state index contributed by atoms with van der Waals surface area (Å²) in [5.41, 5.74) is 6.98. The van der Waals surface area contributed by atoms with Crippen LogP contribution in [0.4, 0.5) is 0 Å². The molecule has 0 bridgehead atoms. The first kappa shape index (κ1) is 19.2. The Morgan fingerprint density at radius 3 is 2.41 bits per heavy atom. The molecule has 158 valence electrons. The van der Waals surface area contributed by atoms with Crippen LogP contribution in [0.1, 0.15) is 23.6 Å². The number of hydrogen-bond donors (Lipinski definition) is 1. The number of amidine groups is 1. The molecule has 3 heterocycles. The van der Waals surface area contributed by atoms with Crippen molar-refractivity contribution < 1.29 is 0 Å². The molecule has 1 N–H and O–H groups in total. The van der Waals surface area contributed by atoms with Crippen molar-refractivity contribution >= 4 is 22.3 Å². The average Bonchev–Trinajstić information content (AvgIpc) is 3.51. The first-order chi connectivity index (χ1) is 15.7. The van der Waals surface area contributed by atoms with Gasteiger partial charge in [0, 0.05) is 37.1 Å². The number of nitrogens with zero attached hydrogens (tertiary/aromatic N) is 3. The minimum absolute atomic E-state index is 0.624. The van der Waals surface area contributed by atoms with Crippen LogP contribution in [0.2, 0.25) is 0 Å². The molecule has 6 rings (SSSR count). The van der Waals surface area contributed by atoms with Gasteiger partial charge in [0.15, 0.2) is 5.84 Å². The molecular weight excluding hydrogens is 392 g/mol. The third-order valence-corrected chi connectivity index (χ3v) is 6.54. The van der Waals surface area contributed by atoms with Crippen LogP contribution in [0.5, 0.6) is 0 Å². The van der Waals surface area contributed by atoms with E-state index in [0.717, 1.165) is 40.8 Å². The zero-order chi connectivity index (χ0) is 21.5. The van der Waals surface area contributed by atoms with E-state index in [1.807, 2.05) is 12.3 Å². The first-order valence-electron chi connectivity index (χ1n) is 11.3. The Morgan fingerprint density at radius 1 is 0.875 bits per heavy atom. The van der Waals surface area contributed by atoms with Crippen LogP contribution in [-0.4, -0.2) is 41.1 Å². The van der Waals surface area contributed by atoms with Crippen LogP contribution < -0.4 is 0 Å². The quantitative estimate of drug-likeness (QED) is 0.455. The second kappa shape index (κ2) is 7.88. The van der Waals surface area contributed by atoms with Gasteiger partial charge in [-0.2, -0.15) is 0 Å². The topological polar surface area (TPSA) is 43.8 Å². The van der Waals surface area contributed by atoms with Crippen molar-refractivity contribution in [1.82, 2.24) is 9.88 Å². The van der Waals surface area contributed by atoms with Crippen LogP contribution in [-0.2, 0) is 6.54 Å². The van der Waals surface area contributed by atoms with E-state index in [-0.39, 0.29) is 0 Å². The molecule has 4 aromatic rings. The third-order valence-electron chi connectivity index (χ3n) is 6.54. The summed E-state index contributed by atoms with van der Waals surface area (Å²) in [4.78, 5) is 15.5. The highest BCUT2D eigenvalue weighted by molar-refractivity contribution is 6.21. The number of aliphatic imine (C=N–C) groups is 2. The number of H-pyrrole nitrogens is 1. The second-order valence-corrected chi connectivity index (χ2v) is 8.98. The summed E-state index contributed by atoms with van der Waals surface area (Å²) >= 11 is 0. The number of aromatic amines is 1. The Bertz CT molecular complexity index is 1320. The Morgan fingerprint density at radius 2 is 1.66 bits per heavy atom. The fraction of sp³-hybridized carbons (Fsp3) is 0.214. The van der Waals surface area contributed by atoms with Crippen LogP contribution in [0.3, 0.4) is 0 Å². The monoisotopic (exact) mass is 418 g/mol. The second-order valence-electron chi connectivity index (χ2n) is 8.98. The van der Waals surface area contributed by atoms with Gasteiger partial charge >= 0.3 is 0 Å². The smallest absolute Gasteiger partial charge is 0.155 e. The standard InChI is InChI=1S/C28H26N4/c1-19-16-32(17-19)18-22-12-13-25(24-6-3-2-5-23(22)24)28-30-15-27(31-28)21-10-8-20(9-11-21)26-7-4-14-29-26/h2-14,19,29H,15-18H2,1H3. The largest absolute Gasteiger partial charge is 0.361 e. The highest BCUT2D eigenvalue weighted by atomic mass is 15.2. The summed E-state index contributed by atoms with van der Waals surface area (Å²) in [6.07, 6.45) is 1.95. The van der Waals surface area contributed by atoms with E-state index < -0.39 is 0 Å². The van der Waals surface area contributed by atoms with Crippen molar-refractivity contribution in [3.8, 4) is 11.3 Å². The molecule has 4 nitrogen and oxygen atoms in total. The molecule has 2 aliphatic rings. The van der Waals surface area contributed by atoms with Gasteiger partial charge in [-0.15, -0.1) is 0 Å². The van der Waals surface area contributed by atoms with E-state index in [4.69, 9.17) is 9.98 Å². The van der Waals surface area contributed by atoms with Crippen molar-refractivity contribution in [2.75, 3.05) is 19.6 Å². The number of nitrogens with one attached hydrogen (secondary N) is 1. The number of hydrogen-bond acceptors (Lipinski definition) is 3. The maximum atomic E-state index is 4.95. The Labute approximate surface area is 188 Å². The third kappa shape index (κ3) is 3.47. The van der Waals surface area contributed by atoms with Gasteiger partial charge in [-0.05, 0) is 45.5 Å². The van der Waals surface area contributed by atoms with E-state index in [0.29, 0.717) is 6.54 Å². The lowest BCUT2D eigenvalue weighted by molar-refractivity contribution is 0.105. The molecule has 3 aromatic carbocycles. The Hall–Kier alpha value is -3.50. The van der Waals surface area contributed by atoms with Crippen LogP contribution in [0.25, 0.3) is 22.0 Å². The highest BCUT2D eigenvalue weighted by Crippen LogP contribution is 2.28. The fourth-order valence-corrected chi connectivity index (χ4v) is 4.89. The molecule has 0 atom stereocenters. The van der Waals surface area contributed by atoms with Gasteiger partial charge < -0.3 is 4.98 Å². The summed E-state index contributed by atoms with van der Waals surface area (Å²) in [5.74, 6) is 1.66. The number of fused-ring (bicyclic) bond motifs is 1. The minimum Gasteiger partial charge on any atom is -0.361 e. The minimum atomic E-state index is 0.624. The van der Waals surface area contributed by atoms with Gasteiger partial charge in [-0.1, -0.05) is 67.6 Å².